The van der Waals surface area contributed by atoms with Gasteiger partial charge in [-0.05, 0) is 31.4 Å². The molecule has 0 amide bonds. The van der Waals surface area contributed by atoms with Gasteiger partial charge in [-0.1, -0.05) is 0 Å². The van der Waals surface area contributed by atoms with Gasteiger partial charge in [-0.25, -0.2) is 4.79 Å². The molecule has 3 aliphatic heterocycles. The summed E-state index contributed by atoms with van der Waals surface area (Å²) in [6.45, 7) is 0.521. The highest BCUT2D eigenvalue weighted by Crippen LogP contribution is 2.44. The number of fused-ring (bicyclic) bond motifs is 2. The minimum absolute atomic E-state index is 0.0703. The van der Waals surface area contributed by atoms with E-state index in [-0.39, 0.29) is 35.9 Å². The van der Waals surface area contributed by atoms with Crippen molar-refractivity contribution in [1.29, 1.82) is 0 Å². The number of carbonyl (C=O) groups is 1. The monoisotopic (exact) mass is 335 g/mol. The largest absolute Gasteiger partial charge is 0.514 e. The normalized spacial score (nSPS) is 33.8. The Morgan fingerprint density at radius 2 is 1.96 bits per heavy atom. The minimum Gasteiger partial charge on any atom is -0.428 e. The van der Waals surface area contributed by atoms with Gasteiger partial charge in [-0.15, -0.1) is 0 Å². The molecule has 0 N–H and O–H groups in total. The van der Waals surface area contributed by atoms with Gasteiger partial charge in [0.2, 0.25) is 0 Å². The van der Waals surface area contributed by atoms with Gasteiger partial charge in [-0.3, -0.25) is 10.1 Å². The summed E-state index contributed by atoms with van der Waals surface area (Å²) in [6, 6.07) is 5.27. The van der Waals surface area contributed by atoms with Crippen molar-refractivity contribution in [1.82, 2.24) is 0 Å². The lowest BCUT2D eigenvalue weighted by Crippen LogP contribution is -2.38. The molecule has 8 nitrogen and oxygen atoms in total. The van der Waals surface area contributed by atoms with E-state index in [1.807, 2.05) is 0 Å². The molecular formula is C16H17NO7. The van der Waals surface area contributed by atoms with Crippen LogP contribution in [-0.4, -0.2) is 36.2 Å². The van der Waals surface area contributed by atoms with Crippen LogP contribution in [0.4, 0.5) is 10.5 Å². The van der Waals surface area contributed by atoms with Gasteiger partial charge in [0.05, 0.1) is 17.6 Å². The molecule has 0 radical (unpaired) electrons. The molecule has 1 aromatic carbocycles. The Bertz CT molecular complexity index is 628. The van der Waals surface area contributed by atoms with E-state index in [4.69, 9.17) is 18.9 Å². The third-order valence-electron chi connectivity index (χ3n) is 4.92. The van der Waals surface area contributed by atoms with Crippen LogP contribution >= 0.6 is 0 Å². The molecule has 4 fully saturated rings. The molecule has 0 aromatic heterocycles. The van der Waals surface area contributed by atoms with Crippen LogP contribution in [0.3, 0.4) is 0 Å². The maximum atomic E-state index is 12.1. The van der Waals surface area contributed by atoms with E-state index in [1.165, 1.54) is 24.3 Å². The third kappa shape index (κ3) is 2.83. The van der Waals surface area contributed by atoms with Crippen molar-refractivity contribution in [3.8, 4) is 5.75 Å². The molecule has 3 saturated heterocycles. The van der Waals surface area contributed by atoms with E-state index >= 15 is 0 Å². The average Bonchev–Trinajstić information content (AvgIpc) is 2.67. The van der Waals surface area contributed by atoms with Crippen LogP contribution in [0.15, 0.2) is 24.3 Å². The first-order valence-electron chi connectivity index (χ1n) is 8.00. The maximum Gasteiger partial charge on any atom is 0.514 e. The molecule has 5 unspecified atom stereocenters. The Morgan fingerprint density at radius 3 is 2.71 bits per heavy atom. The highest BCUT2D eigenvalue weighted by molar-refractivity contribution is 5.64. The number of hydrogen-bond donors (Lipinski definition) is 0. The van der Waals surface area contributed by atoms with Crippen molar-refractivity contribution in [3.63, 3.8) is 0 Å². The van der Waals surface area contributed by atoms with Crippen molar-refractivity contribution in [2.24, 2.45) is 11.8 Å². The number of hydrogen-bond acceptors (Lipinski definition) is 7. The van der Waals surface area contributed by atoms with E-state index in [1.54, 1.807) is 0 Å². The maximum absolute atomic E-state index is 12.1. The standard InChI is InChI=1S/C16H17NO7/c18-16(22-12-5-3-11(4-6-12)17(19)20)24-14-10-2-1-9-7-13(14)23-15(9)21-8-10/h3-6,9-10,13-15H,1-2,7-8H2. The Balaban J connectivity index is 1.41. The van der Waals surface area contributed by atoms with E-state index in [2.05, 4.69) is 0 Å². The molecule has 1 aliphatic carbocycles. The van der Waals surface area contributed by atoms with Gasteiger partial charge in [0, 0.05) is 24.0 Å². The second-order valence-corrected chi connectivity index (χ2v) is 6.40. The molecule has 8 heteroatoms. The van der Waals surface area contributed by atoms with Gasteiger partial charge in [0.15, 0.2) is 6.29 Å². The van der Waals surface area contributed by atoms with E-state index in [9.17, 15) is 14.9 Å². The van der Waals surface area contributed by atoms with Crippen molar-refractivity contribution in [2.75, 3.05) is 6.61 Å². The molecule has 24 heavy (non-hydrogen) atoms. The first kappa shape index (κ1) is 15.3. The van der Waals surface area contributed by atoms with Crippen LogP contribution in [0.1, 0.15) is 19.3 Å². The summed E-state index contributed by atoms with van der Waals surface area (Å²) in [7, 11) is 0. The lowest BCUT2D eigenvalue weighted by Gasteiger charge is -2.26. The van der Waals surface area contributed by atoms with Gasteiger partial charge >= 0.3 is 6.16 Å². The average molecular weight is 335 g/mol. The number of carbonyl (C=O) groups excluding carboxylic acids is 1. The predicted molar refractivity (Wildman–Crippen MR) is 79.4 cm³/mol. The topological polar surface area (TPSA) is 97.1 Å². The quantitative estimate of drug-likeness (QED) is 0.362. The van der Waals surface area contributed by atoms with Gasteiger partial charge in [-0.2, -0.15) is 0 Å². The highest BCUT2D eigenvalue weighted by Gasteiger charge is 2.50. The molecule has 128 valence electrons. The number of rotatable bonds is 3. The Morgan fingerprint density at radius 1 is 1.21 bits per heavy atom. The number of nitrogens with zero attached hydrogens (tertiary/aromatic N) is 1. The SMILES string of the molecule is O=C(Oc1ccc([N+](=O)[O-])cc1)OC1C2CCC3CC1OC3OC2. The van der Waals surface area contributed by atoms with Crippen molar-refractivity contribution < 1.29 is 28.7 Å². The number of nitro groups is 1. The summed E-state index contributed by atoms with van der Waals surface area (Å²) in [6.07, 6.45) is 1.24. The molecule has 4 aliphatic rings. The zero-order chi connectivity index (χ0) is 16.7. The Kier molecular flexibility index (Phi) is 3.85. The lowest BCUT2D eigenvalue weighted by molar-refractivity contribution is -0.384. The fourth-order valence-corrected chi connectivity index (χ4v) is 3.72. The number of ether oxygens (including phenoxy) is 4. The van der Waals surface area contributed by atoms with Crippen LogP contribution in [0, 0.1) is 22.0 Å². The van der Waals surface area contributed by atoms with Crippen LogP contribution in [0.5, 0.6) is 5.75 Å². The van der Waals surface area contributed by atoms with Crippen LogP contribution in [-0.2, 0) is 14.2 Å². The van der Waals surface area contributed by atoms with Crippen LogP contribution < -0.4 is 4.74 Å². The third-order valence-corrected chi connectivity index (χ3v) is 4.92. The highest BCUT2D eigenvalue weighted by atomic mass is 16.7. The second-order valence-electron chi connectivity index (χ2n) is 6.40. The molecule has 1 aromatic rings. The summed E-state index contributed by atoms with van der Waals surface area (Å²) in [4.78, 5) is 22.2. The van der Waals surface area contributed by atoms with Gasteiger partial charge in [0.25, 0.3) is 5.69 Å². The molecule has 0 spiro atoms. The second kappa shape index (κ2) is 6.03. The summed E-state index contributed by atoms with van der Waals surface area (Å²) in [5, 5.41) is 10.6. The van der Waals surface area contributed by atoms with Gasteiger partial charge < -0.3 is 18.9 Å². The number of nitro benzene ring substituents is 1. The zero-order valence-corrected chi connectivity index (χ0v) is 12.8. The van der Waals surface area contributed by atoms with Crippen molar-refractivity contribution in [2.45, 2.75) is 37.8 Å². The predicted octanol–water partition coefficient (Wildman–Crippen LogP) is 2.65. The molecule has 1 saturated carbocycles. The lowest BCUT2D eigenvalue weighted by atomic mass is 9.96. The Hall–Kier alpha value is -2.19. The van der Waals surface area contributed by atoms with E-state index in [0.717, 1.165) is 19.3 Å². The molecular weight excluding hydrogens is 318 g/mol. The molecule has 3 heterocycles. The fourth-order valence-electron chi connectivity index (χ4n) is 3.72. The van der Waals surface area contributed by atoms with Crippen molar-refractivity contribution >= 4 is 11.8 Å². The van der Waals surface area contributed by atoms with Gasteiger partial charge in [0.1, 0.15) is 11.9 Å². The first-order valence-corrected chi connectivity index (χ1v) is 8.00. The number of benzene rings is 1. The van der Waals surface area contributed by atoms with Crippen molar-refractivity contribution in [3.05, 3.63) is 34.4 Å². The zero-order valence-electron chi connectivity index (χ0n) is 12.8. The van der Waals surface area contributed by atoms with E-state index < -0.39 is 11.1 Å². The summed E-state index contributed by atoms with van der Waals surface area (Å²) in [5.41, 5.74) is -0.0703. The molecule has 5 rings (SSSR count). The summed E-state index contributed by atoms with van der Waals surface area (Å²) in [5.74, 6) is 0.682. The molecule has 4 bridgehead atoms. The number of non-ortho nitro benzene ring substituents is 1. The summed E-state index contributed by atoms with van der Waals surface area (Å²) >= 11 is 0. The van der Waals surface area contributed by atoms with Crippen LogP contribution in [0.2, 0.25) is 0 Å². The van der Waals surface area contributed by atoms with Crippen LogP contribution in [0.25, 0.3) is 0 Å². The van der Waals surface area contributed by atoms with E-state index in [0.29, 0.717) is 12.5 Å². The molecule has 5 atom stereocenters. The minimum atomic E-state index is -0.828. The summed E-state index contributed by atoms with van der Waals surface area (Å²) < 4.78 is 22.2. The fraction of sp³-hybridized carbons (Fsp3) is 0.562. The Labute approximate surface area is 137 Å². The smallest absolute Gasteiger partial charge is 0.428 e. The first-order chi connectivity index (χ1) is 11.6.